The van der Waals surface area contributed by atoms with Gasteiger partial charge in [0.05, 0.1) is 0 Å². The molecule has 0 fully saturated rings. The Hall–Kier alpha value is -2.76. The van der Waals surface area contributed by atoms with E-state index in [1.165, 1.54) is 10.9 Å². The van der Waals surface area contributed by atoms with Crippen molar-refractivity contribution in [3.8, 4) is 0 Å². The van der Waals surface area contributed by atoms with Crippen molar-refractivity contribution in [2.75, 3.05) is 11.9 Å². The fourth-order valence-electron chi connectivity index (χ4n) is 2.10. The molecule has 2 aromatic heterocycles. The molecule has 0 amide bonds. The highest BCUT2D eigenvalue weighted by Gasteiger charge is 2.10. The lowest BCUT2D eigenvalue weighted by Crippen LogP contribution is -2.05. The van der Waals surface area contributed by atoms with Crippen LogP contribution in [0.3, 0.4) is 0 Å². The molecule has 3 rings (SSSR count). The van der Waals surface area contributed by atoms with Crippen molar-refractivity contribution in [1.82, 2.24) is 9.97 Å². The summed E-state index contributed by atoms with van der Waals surface area (Å²) in [5.41, 5.74) is 2.20. The molecule has 2 heterocycles. The number of para-hydroxylation sites is 1. The molecule has 0 aliphatic carbocycles. The van der Waals surface area contributed by atoms with Crippen LogP contribution in [0.5, 0.6) is 0 Å². The fraction of sp³-hybridized carbons (Fsp3) is 0.143. The van der Waals surface area contributed by atoms with E-state index in [1.807, 2.05) is 24.4 Å². The zero-order valence-corrected chi connectivity index (χ0v) is 10.6. The van der Waals surface area contributed by atoms with Gasteiger partial charge in [0.1, 0.15) is 6.26 Å². The van der Waals surface area contributed by atoms with Gasteiger partial charge in [-0.15, -0.1) is 0 Å². The molecule has 0 bridgehead atoms. The van der Waals surface area contributed by atoms with Crippen molar-refractivity contribution in [2.24, 2.45) is 0 Å². The Labute approximate surface area is 114 Å². The van der Waals surface area contributed by atoms with E-state index < -0.39 is 5.97 Å². The van der Waals surface area contributed by atoms with Crippen molar-refractivity contribution in [3.63, 3.8) is 0 Å². The van der Waals surface area contributed by atoms with Gasteiger partial charge in [-0.2, -0.15) is 4.98 Å². The number of hydrogen-bond acceptors (Lipinski definition) is 4. The van der Waals surface area contributed by atoms with Crippen LogP contribution in [-0.4, -0.2) is 27.6 Å². The second-order valence-electron chi connectivity index (χ2n) is 4.38. The Kier molecular flexibility index (Phi) is 3.12. The first-order chi connectivity index (χ1) is 9.74. The van der Waals surface area contributed by atoms with Gasteiger partial charge in [-0.1, -0.05) is 18.2 Å². The Morgan fingerprint density at radius 3 is 3.05 bits per heavy atom. The maximum absolute atomic E-state index is 10.7. The molecule has 6 nitrogen and oxygen atoms in total. The third-order valence-corrected chi connectivity index (χ3v) is 3.07. The van der Waals surface area contributed by atoms with Crippen LogP contribution < -0.4 is 5.32 Å². The summed E-state index contributed by atoms with van der Waals surface area (Å²) in [6.45, 7) is 0.613. The van der Waals surface area contributed by atoms with Crippen LogP contribution in [0.4, 0.5) is 6.01 Å². The summed E-state index contributed by atoms with van der Waals surface area (Å²) in [6, 6.07) is 8.30. The van der Waals surface area contributed by atoms with Crippen LogP contribution in [0.25, 0.3) is 10.9 Å². The van der Waals surface area contributed by atoms with E-state index >= 15 is 0 Å². The largest absolute Gasteiger partial charge is 0.476 e. The summed E-state index contributed by atoms with van der Waals surface area (Å²) in [5, 5.41) is 12.9. The second-order valence-corrected chi connectivity index (χ2v) is 4.38. The van der Waals surface area contributed by atoms with Gasteiger partial charge < -0.3 is 19.8 Å². The van der Waals surface area contributed by atoms with Crippen LogP contribution in [-0.2, 0) is 6.42 Å². The lowest BCUT2D eigenvalue weighted by atomic mass is 10.1. The number of nitrogens with zero attached hydrogens (tertiary/aromatic N) is 1. The number of benzene rings is 1. The summed E-state index contributed by atoms with van der Waals surface area (Å²) in [5.74, 6) is -1.10. The highest BCUT2D eigenvalue weighted by Crippen LogP contribution is 2.18. The molecule has 20 heavy (non-hydrogen) atoms. The number of aromatic carboxylic acids is 1. The van der Waals surface area contributed by atoms with Crippen molar-refractivity contribution >= 4 is 22.9 Å². The maximum Gasteiger partial charge on any atom is 0.357 e. The minimum Gasteiger partial charge on any atom is -0.476 e. The molecule has 0 aliphatic rings. The lowest BCUT2D eigenvalue weighted by molar-refractivity contribution is 0.0690. The van der Waals surface area contributed by atoms with Crippen LogP contribution in [0.1, 0.15) is 16.1 Å². The number of H-pyrrole nitrogens is 1. The number of carboxylic acids is 1. The van der Waals surface area contributed by atoms with Crippen LogP contribution >= 0.6 is 0 Å². The number of aromatic amines is 1. The van der Waals surface area contributed by atoms with E-state index in [0.717, 1.165) is 18.2 Å². The first-order valence-corrected chi connectivity index (χ1v) is 6.22. The van der Waals surface area contributed by atoms with Crippen molar-refractivity contribution in [1.29, 1.82) is 0 Å². The minimum absolute atomic E-state index is 0.0976. The highest BCUT2D eigenvalue weighted by atomic mass is 16.4. The molecule has 102 valence electrons. The number of nitrogens with one attached hydrogen (secondary N) is 2. The van der Waals surface area contributed by atoms with Gasteiger partial charge in [0, 0.05) is 23.6 Å². The van der Waals surface area contributed by atoms with E-state index in [2.05, 4.69) is 21.4 Å². The number of fused-ring (bicyclic) bond motifs is 1. The molecule has 0 aliphatic heterocycles. The molecule has 0 radical (unpaired) electrons. The van der Waals surface area contributed by atoms with E-state index in [4.69, 9.17) is 9.52 Å². The fourth-order valence-corrected chi connectivity index (χ4v) is 2.10. The van der Waals surface area contributed by atoms with Crippen molar-refractivity contribution < 1.29 is 14.3 Å². The van der Waals surface area contributed by atoms with E-state index in [0.29, 0.717) is 6.54 Å². The number of aromatic nitrogens is 2. The number of oxazole rings is 1. The Bertz CT molecular complexity index is 745. The summed E-state index contributed by atoms with van der Waals surface area (Å²) in [4.78, 5) is 17.7. The zero-order valence-electron chi connectivity index (χ0n) is 10.6. The molecular formula is C14H13N3O3. The molecule has 1 aromatic carbocycles. The minimum atomic E-state index is -1.10. The Balaban J connectivity index is 1.63. The predicted octanol–water partition coefficient (Wildman–Crippen LogP) is 2.51. The summed E-state index contributed by atoms with van der Waals surface area (Å²) < 4.78 is 5.02. The molecule has 0 saturated heterocycles. The van der Waals surface area contributed by atoms with Gasteiger partial charge in [-0.05, 0) is 18.1 Å². The number of carbonyl (C=O) groups is 1. The first kappa shape index (κ1) is 12.3. The van der Waals surface area contributed by atoms with Crippen LogP contribution in [0.15, 0.2) is 41.1 Å². The van der Waals surface area contributed by atoms with E-state index in [9.17, 15) is 4.79 Å². The number of carboxylic acid groups (broad SMARTS) is 1. The Morgan fingerprint density at radius 1 is 1.40 bits per heavy atom. The summed E-state index contributed by atoms with van der Waals surface area (Å²) >= 11 is 0. The van der Waals surface area contributed by atoms with Gasteiger partial charge in [0.15, 0.2) is 5.69 Å². The highest BCUT2D eigenvalue weighted by molar-refractivity contribution is 5.85. The number of rotatable bonds is 5. The summed E-state index contributed by atoms with van der Waals surface area (Å²) in [7, 11) is 0. The van der Waals surface area contributed by atoms with Gasteiger partial charge >= 0.3 is 5.97 Å². The molecule has 3 N–H and O–H groups in total. The third-order valence-electron chi connectivity index (χ3n) is 3.07. The molecule has 0 unspecified atom stereocenters. The van der Waals surface area contributed by atoms with Gasteiger partial charge in [0.2, 0.25) is 0 Å². The standard InChI is InChI=1S/C14H13N3O3/c18-13(19)12-8-20-14(17-12)15-6-5-9-7-16-11-4-2-1-3-10(9)11/h1-4,7-8,16H,5-6H2,(H,15,17)(H,18,19). The monoisotopic (exact) mass is 271 g/mol. The number of anilines is 1. The molecule has 0 saturated carbocycles. The molecule has 3 aromatic rings. The summed E-state index contributed by atoms with van der Waals surface area (Å²) in [6.07, 6.45) is 3.88. The van der Waals surface area contributed by atoms with Crippen molar-refractivity contribution in [2.45, 2.75) is 6.42 Å². The normalized spacial score (nSPS) is 10.8. The first-order valence-electron chi connectivity index (χ1n) is 6.22. The predicted molar refractivity (Wildman–Crippen MR) is 74.0 cm³/mol. The molecule has 6 heteroatoms. The van der Waals surface area contributed by atoms with Gasteiger partial charge in [-0.3, -0.25) is 0 Å². The Morgan fingerprint density at radius 2 is 2.25 bits per heavy atom. The van der Waals surface area contributed by atoms with E-state index in [-0.39, 0.29) is 11.7 Å². The zero-order chi connectivity index (χ0) is 13.9. The van der Waals surface area contributed by atoms with Gasteiger partial charge in [0.25, 0.3) is 6.01 Å². The third kappa shape index (κ3) is 2.35. The average molecular weight is 271 g/mol. The lowest BCUT2D eigenvalue weighted by Gasteiger charge is -2.00. The van der Waals surface area contributed by atoms with Crippen LogP contribution in [0, 0.1) is 0 Å². The average Bonchev–Trinajstić information content (AvgIpc) is 3.06. The van der Waals surface area contributed by atoms with Gasteiger partial charge in [-0.25, -0.2) is 4.79 Å². The van der Waals surface area contributed by atoms with Crippen molar-refractivity contribution in [3.05, 3.63) is 48.0 Å². The smallest absolute Gasteiger partial charge is 0.357 e. The quantitative estimate of drug-likeness (QED) is 0.663. The SMILES string of the molecule is O=C(O)c1coc(NCCc2c[nH]c3ccccc23)n1. The number of hydrogen-bond donors (Lipinski definition) is 3. The molecule has 0 spiro atoms. The molecule has 0 atom stereocenters. The second kappa shape index (κ2) is 5.08. The maximum atomic E-state index is 10.7. The van der Waals surface area contributed by atoms with E-state index in [1.54, 1.807) is 0 Å². The van der Waals surface area contributed by atoms with Crippen LogP contribution in [0.2, 0.25) is 0 Å². The molecular weight excluding hydrogens is 258 g/mol. The topological polar surface area (TPSA) is 91.1 Å².